The molecule has 0 fully saturated rings. The summed E-state index contributed by atoms with van der Waals surface area (Å²) in [6.07, 6.45) is -3.45. The molecule has 0 unspecified atom stereocenters. The van der Waals surface area contributed by atoms with E-state index in [4.69, 9.17) is 21.1 Å². The third-order valence-electron chi connectivity index (χ3n) is 6.34. The molecule has 4 aromatic carbocycles. The van der Waals surface area contributed by atoms with Crippen LogP contribution in [0.1, 0.15) is 22.3 Å². The van der Waals surface area contributed by atoms with E-state index in [0.717, 1.165) is 23.3 Å². The molecule has 0 atom stereocenters. The summed E-state index contributed by atoms with van der Waals surface area (Å²) in [7, 11) is -3.00. The molecule has 236 valence electrons. The Bertz CT molecular complexity index is 1820. The molecule has 0 heterocycles. The van der Waals surface area contributed by atoms with Gasteiger partial charge in [-0.15, -0.1) is 0 Å². The normalized spacial score (nSPS) is 11.8. The zero-order chi connectivity index (χ0) is 32.8. The molecule has 1 amide bonds. The monoisotopic (exact) mass is 723 g/mol. The van der Waals surface area contributed by atoms with Gasteiger partial charge in [-0.1, -0.05) is 53.6 Å². The summed E-state index contributed by atoms with van der Waals surface area (Å²) in [4.78, 5) is 12.7. The zero-order valence-corrected chi connectivity index (χ0v) is 27.0. The van der Waals surface area contributed by atoms with Gasteiger partial charge in [0.05, 0.1) is 33.9 Å². The third-order valence-corrected chi connectivity index (χ3v) is 9.09. The first-order chi connectivity index (χ1) is 21.3. The van der Waals surface area contributed by atoms with Crippen LogP contribution in [0.5, 0.6) is 11.5 Å². The number of carbonyl (C=O) groups is 1. The summed E-state index contributed by atoms with van der Waals surface area (Å²) in [5, 5.41) is 4.45. The summed E-state index contributed by atoms with van der Waals surface area (Å²) in [6.45, 7) is 1.07. The van der Waals surface area contributed by atoms with Crippen molar-refractivity contribution < 1.29 is 35.9 Å². The van der Waals surface area contributed by atoms with Crippen molar-refractivity contribution in [3.8, 4) is 11.5 Å². The number of carbonyl (C=O) groups excluding carboxylic acids is 1. The van der Waals surface area contributed by atoms with Gasteiger partial charge in [-0.05, 0) is 76.9 Å². The fourth-order valence-electron chi connectivity index (χ4n) is 4.05. The van der Waals surface area contributed by atoms with Gasteiger partial charge in [-0.25, -0.2) is 13.8 Å². The summed E-state index contributed by atoms with van der Waals surface area (Å²) in [5.41, 5.74) is 2.84. The minimum atomic E-state index is -4.73. The van der Waals surface area contributed by atoms with Crippen LogP contribution in [0, 0.1) is 6.92 Å². The van der Waals surface area contributed by atoms with Crippen LogP contribution in [0.15, 0.2) is 99.4 Å². The first-order valence-electron chi connectivity index (χ1n) is 13.1. The van der Waals surface area contributed by atoms with Gasteiger partial charge in [0.25, 0.3) is 15.9 Å². The lowest BCUT2D eigenvalue weighted by Crippen LogP contribution is -2.39. The lowest BCUT2D eigenvalue weighted by molar-refractivity contribution is -0.137. The van der Waals surface area contributed by atoms with E-state index < -0.39 is 34.2 Å². The van der Waals surface area contributed by atoms with Gasteiger partial charge in [0.2, 0.25) is 0 Å². The summed E-state index contributed by atoms with van der Waals surface area (Å²) in [5.74, 6) is -0.147. The molecule has 0 saturated heterocycles. The highest BCUT2D eigenvalue weighted by Gasteiger charge is 2.33. The van der Waals surface area contributed by atoms with E-state index in [1.54, 1.807) is 43.3 Å². The quantitative estimate of drug-likeness (QED) is 0.129. The molecule has 0 bridgehead atoms. The van der Waals surface area contributed by atoms with Crippen molar-refractivity contribution in [2.45, 2.75) is 24.6 Å². The van der Waals surface area contributed by atoms with Crippen LogP contribution in [0.3, 0.4) is 0 Å². The zero-order valence-electron chi connectivity index (χ0n) is 23.8. The number of anilines is 1. The molecule has 0 aromatic heterocycles. The van der Waals surface area contributed by atoms with Crippen LogP contribution in [0.25, 0.3) is 0 Å². The van der Waals surface area contributed by atoms with Crippen LogP contribution in [0.4, 0.5) is 18.9 Å². The second kappa shape index (κ2) is 14.4. The smallest absolute Gasteiger partial charge is 0.416 e. The SMILES string of the molecule is COc1cc(/C=N/NC(=O)CN(c2cccc(C(F)(F)F)c2)S(=O)(=O)c2ccc(C)cc2)cc(Br)c1OCc1ccccc1Cl. The average Bonchev–Trinajstić information content (AvgIpc) is 2.99. The Hall–Kier alpha value is -4.07. The molecule has 8 nitrogen and oxygen atoms in total. The van der Waals surface area contributed by atoms with E-state index >= 15 is 0 Å². The predicted molar refractivity (Wildman–Crippen MR) is 169 cm³/mol. The van der Waals surface area contributed by atoms with Crippen molar-refractivity contribution in [3.05, 3.63) is 117 Å². The highest BCUT2D eigenvalue weighted by molar-refractivity contribution is 9.10. The maximum Gasteiger partial charge on any atom is 0.416 e. The Morgan fingerprint density at radius 1 is 1.04 bits per heavy atom. The molecule has 4 aromatic rings. The van der Waals surface area contributed by atoms with Crippen LogP contribution in [-0.4, -0.2) is 34.2 Å². The average molecular weight is 725 g/mol. The Labute approximate surface area is 271 Å². The Kier molecular flexibility index (Phi) is 10.8. The highest BCUT2D eigenvalue weighted by Crippen LogP contribution is 2.37. The van der Waals surface area contributed by atoms with Crippen LogP contribution < -0.4 is 19.2 Å². The number of nitrogens with one attached hydrogen (secondary N) is 1. The van der Waals surface area contributed by atoms with Gasteiger partial charge in [0.15, 0.2) is 11.5 Å². The first-order valence-corrected chi connectivity index (χ1v) is 15.7. The maximum absolute atomic E-state index is 13.5. The standard InChI is InChI=1S/C31H26BrClF3N3O5S/c1-20-10-12-25(13-11-20)45(41,42)39(24-8-5-7-23(16-24)31(34,35)36)18-29(40)38-37-17-21-14-26(32)30(28(15-21)43-2)44-19-22-6-3-4-9-27(22)33/h3-17H,18-19H2,1-2H3,(H,38,40)/b37-17+. The van der Waals surface area contributed by atoms with Gasteiger partial charge in [0, 0.05) is 10.6 Å². The molecular weight excluding hydrogens is 699 g/mol. The summed E-state index contributed by atoms with van der Waals surface area (Å²) >= 11 is 9.65. The first kappa shape index (κ1) is 33.8. The van der Waals surface area contributed by atoms with Gasteiger partial charge < -0.3 is 9.47 Å². The van der Waals surface area contributed by atoms with Gasteiger partial charge >= 0.3 is 6.18 Å². The number of hydrogen-bond acceptors (Lipinski definition) is 6. The van der Waals surface area contributed by atoms with Crippen LogP contribution in [0.2, 0.25) is 5.02 Å². The molecule has 4 rings (SSSR count). The van der Waals surface area contributed by atoms with E-state index in [0.29, 0.717) is 36.9 Å². The fourth-order valence-corrected chi connectivity index (χ4v) is 6.23. The minimum absolute atomic E-state index is 0.173. The minimum Gasteiger partial charge on any atom is -0.493 e. The highest BCUT2D eigenvalue weighted by atomic mass is 79.9. The van der Waals surface area contributed by atoms with Gasteiger partial charge in [0.1, 0.15) is 13.2 Å². The number of aryl methyl sites for hydroxylation is 1. The molecule has 0 saturated carbocycles. The fraction of sp³-hybridized carbons (Fsp3) is 0.161. The number of benzene rings is 4. The van der Waals surface area contributed by atoms with Crippen molar-refractivity contribution in [3.63, 3.8) is 0 Å². The second-order valence-electron chi connectivity index (χ2n) is 9.58. The van der Waals surface area contributed by atoms with Crippen molar-refractivity contribution >= 4 is 55.4 Å². The number of amides is 1. The number of hydrogen-bond donors (Lipinski definition) is 1. The molecule has 0 spiro atoms. The number of sulfonamides is 1. The number of methoxy groups -OCH3 is 1. The molecule has 0 aliphatic carbocycles. The lowest BCUT2D eigenvalue weighted by atomic mass is 10.2. The Morgan fingerprint density at radius 2 is 1.76 bits per heavy atom. The molecule has 0 radical (unpaired) electrons. The van der Waals surface area contributed by atoms with E-state index in [-0.39, 0.29) is 17.2 Å². The number of ether oxygens (including phenoxy) is 2. The number of hydrazone groups is 1. The largest absolute Gasteiger partial charge is 0.493 e. The third kappa shape index (κ3) is 8.56. The van der Waals surface area contributed by atoms with Gasteiger partial charge in [-0.3, -0.25) is 9.10 Å². The maximum atomic E-state index is 13.5. The lowest BCUT2D eigenvalue weighted by Gasteiger charge is -2.24. The van der Waals surface area contributed by atoms with E-state index in [1.807, 2.05) is 12.1 Å². The molecule has 0 aliphatic heterocycles. The second-order valence-corrected chi connectivity index (χ2v) is 12.7. The number of halogens is 5. The molecule has 14 heteroatoms. The molecule has 45 heavy (non-hydrogen) atoms. The number of alkyl halides is 3. The van der Waals surface area contributed by atoms with Crippen molar-refractivity contribution in [2.24, 2.45) is 5.10 Å². The summed E-state index contributed by atoms with van der Waals surface area (Å²) in [6, 6.07) is 19.9. The number of rotatable bonds is 11. The number of nitrogens with zero attached hydrogens (tertiary/aromatic N) is 2. The topological polar surface area (TPSA) is 97.3 Å². The van der Waals surface area contributed by atoms with Crippen molar-refractivity contribution in [2.75, 3.05) is 18.0 Å². The molecular formula is C31H26BrClF3N3O5S. The van der Waals surface area contributed by atoms with E-state index in [9.17, 15) is 26.4 Å². The summed E-state index contributed by atoms with van der Waals surface area (Å²) < 4.78 is 79.8. The van der Waals surface area contributed by atoms with Crippen molar-refractivity contribution in [1.82, 2.24) is 5.43 Å². The van der Waals surface area contributed by atoms with E-state index in [1.165, 1.54) is 31.5 Å². The Morgan fingerprint density at radius 3 is 2.42 bits per heavy atom. The predicted octanol–water partition coefficient (Wildman–Crippen LogP) is 7.36. The Balaban J connectivity index is 1.54. The van der Waals surface area contributed by atoms with E-state index in [2.05, 4.69) is 26.5 Å². The van der Waals surface area contributed by atoms with Crippen LogP contribution >= 0.6 is 27.5 Å². The van der Waals surface area contributed by atoms with Gasteiger partial charge in [-0.2, -0.15) is 18.3 Å². The molecule has 0 aliphatic rings. The van der Waals surface area contributed by atoms with Crippen molar-refractivity contribution in [1.29, 1.82) is 0 Å². The molecule has 1 N–H and O–H groups in total. The van der Waals surface area contributed by atoms with Crippen LogP contribution in [-0.2, 0) is 27.6 Å².